The largest absolute Gasteiger partial charge is 0.389 e. The molecule has 33 heavy (non-hydrogen) atoms. The topological polar surface area (TPSA) is 109 Å². The third kappa shape index (κ3) is 5.03. The zero-order valence-electron chi connectivity index (χ0n) is 19.7. The van der Waals surface area contributed by atoms with Crippen molar-refractivity contribution in [2.75, 3.05) is 11.9 Å². The number of thioether (sulfide) groups is 1. The van der Waals surface area contributed by atoms with Gasteiger partial charge in [-0.1, -0.05) is 36.0 Å². The minimum atomic E-state index is -0.683. The van der Waals surface area contributed by atoms with Crippen LogP contribution in [0.15, 0.2) is 41.1 Å². The van der Waals surface area contributed by atoms with Crippen LogP contribution in [0, 0.1) is 10.8 Å². The molecule has 3 heterocycles. The Kier molecular flexibility index (Phi) is 6.70. The summed E-state index contributed by atoms with van der Waals surface area (Å²) < 4.78 is 0. The van der Waals surface area contributed by atoms with Crippen molar-refractivity contribution in [1.29, 1.82) is 10.8 Å². The van der Waals surface area contributed by atoms with E-state index >= 15 is 0 Å². The van der Waals surface area contributed by atoms with Crippen molar-refractivity contribution in [1.82, 2.24) is 14.9 Å². The van der Waals surface area contributed by atoms with Crippen molar-refractivity contribution in [2.24, 2.45) is 0 Å². The number of rotatable bonds is 7. The molecule has 8 heteroatoms. The lowest BCUT2D eigenvalue weighted by Crippen LogP contribution is -2.45. The van der Waals surface area contributed by atoms with Gasteiger partial charge in [-0.2, -0.15) is 0 Å². The first-order valence-corrected chi connectivity index (χ1v) is 12.1. The Bertz CT molecular complexity index is 1100. The summed E-state index contributed by atoms with van der Waals surface area (Å²) in [6, 6.07) is 8.77. The molecule has 0 bridgehead atoms. The van der Waals surface area contributed by atoms with E-state index in [4.69, 9.17) is 10.8 Å². The first-order chi connectivity index (χ1) is 15.6. The molecule has 174 valence electrons. The number of hydrogen-bond acceptors (Lipinski definition) is 8. The lowest BCUT2D eigenvalue weighted by atomic mass is 9.96. The molecule has 1 atom stereocenters. The first-order valence-electron chi connectivity index (χ1n) is 11.3. The molecule has 1 saturated heterocycles. The molecular formula is C25H32N6OS. The molecule has 1 unspecified atom stereocenters. The van der Waals surface area contributed by atoms with E-state index in [2.05, 4.69) is 44.5 Å². The Hall–Kier alpha value is -2.55. The Morgan fingerprint density at radius 3 is 2.58 bits per heavy atom. The summed E-state index contributed by atoms with van der Waals surface area (Å²) in [5.74, 6) is 0.717. The van der Waals surface area contributed by atoms with Gasteiger partial charge in [-0.15, -0.1) is 0 Å². The van der Waals surface area contributed by atoms with Crippen LogP contribution in [0.2, 0.25) is 0 Å². The number of fused-ring (bicyclic) bond motifs is 1. The maximum absolute atomic E-state index is 10.5. The van der Waals surface area contributed by atoms with Crippen molar-refractivity contribution >= 4 is 33.9 Å². The molecule has 4 rings (SSSR count). The predicted molar refractivity (Wildman–Crippen MR) is 135 cm³/mol. The number of likely N-dealkylation sites (tertiary alicyclic amines) is 1. The van der Waals surface area contributed by atoms with Gasteiger partial charge in [-0.3, -0.25) is 10.3 Å². The Morgan fingerprint density at radius 1 is 1.21 bits per heavy atom. The lowest BCUT2D eigenvalue weighted by Gasteiger charge is -2.33. The molecule has 1 aromatic heterocycles. The van der Waals surface area contributed by atoms with E-state index in [9.17, 15) is 5.11 Å². The van der Waals surface area contributed by atoms with E-state index < -0.39 is 5.60 Å². The molecule has 1 aromatic carbocycles. The molecule has 1 fully saturated rings. The molecule has 0 amide bonds. The Morgan fingerprint density at radius 2 is 1.91 bits per heavy atom. The van der Waals surface area contributed by atoms with Gasteiger partial charge in [-0.05, 0) is 63.8 Å². The summed E-state index contributed by atoms with van der Waals surface area (Å²) in [5, 5.41) is 30.6. The number of nitrogens with zero attached hydrogens (tertiary/aromatic N) is 3. The molecule has 0 spiro atoms. The van der Waals surface area contributed by atoms with Crippen LogP contribution in [0.1, 0.15) is 57.4 Å². The molecule has 0 radical (unpaired) electrons. The second-order valence-electron chi connectivity index (χ2n) is 9.41. The monoisotopic (exact) mass is 464 g/mol. The normalized spacial score (nSPS) is 20.2. The molecule has 0 saturated carbocycles. The fraction of sp³-hybridized carbons (Fsp3) is 0.440. The number of nitrogens with one attached hydrogen (secondary N) is 3. The average molecular weight is 465 g/mol. The van der Waals surface area contributed by atoms with Crippen molar-refractivity contribution in [3.05, 3.63) is 53.0 Å². The molecular weight excluding hydrogens is 432 g/mol. The smallest absolute Gasteiger partial charge is 0.144 e. The predicted octanol–water partition coefficient (Wildman–Crippen LogP) is 4.72. The maximum Gasteiger partial charge on any atom is 0.144 e. The highest BCUT2D eigenvalue weighted by atomic mass is 32.2. The van der Waals surface area contributed by atoms with Crippen LogP contribution in [0.3, 0.4) is 0 Å². The maximum atomic E-state index is 10.5. The Labute approximate surface area is 199 Å². The highest BCUT2D eigenvalue weighted by molar-refractivity contribution is 8.15. The summed E-state index contributed by atoms with van der Waals surface area (Å²) >= 11 is 1.34. The zero-order valence-corrected chi connectivity index (χ0v) is 20.5. The van der Waals surface area contributed by atoms with Gasteiger partial charge in [0.2, 0.25) is 0 Å². The number of allylic oxidation sites excluding steroid dienone is 1. The third-order valence-corrected chi connectivity index (χ3v) is 7.46. The second-order valence-corrected chi connectivity index (χ2v) is 10.4. The number of anilines is 1. The second kappa shape index (κ2) is 9.37. The molecule has 7 nitrogen and oxygen atoms in total. The summed E-state index contributed by atoms with van der Waals surface area (Å²) in [6.07, 6.45) is 3.69. The van der Waals surface area contributed by atoms with E-state index in [0.717, 1.165) is 53.2 Å². The SMILES string of the molecule is CC(=N)/C(C)=C1\C(=N)Sc2c(NCc3ccc(CN4CCCC4C(C)(C)O)cc3)ncnc21. The molecule has 2 aliphatic heterocycles. The molecule has 2 aromatic rings. The average Bonchev–Trinajstić information content (AvgIpc) is 3.36. The summed E-state index contributed by atoms with van der Waals surface area (Å²) in [7, 11) is 0. The van der Waals surface area contributed by atoms with Gasteiger partial charge in [0.05, 0.1) is 16.2 Å². The van der Waals surface area contributed by atoms with Gasteiger partial charge in [0, 0.05) is 30.4 Å². The van der Waals surface area contributed by atoms with Crippen LogP contribution < -0.4 is 5.32 Å². The van der Waals surface area contributed by atoms with E-state index in [-0.39, 0.29) is 6.04 Å². The number of benzene rings is 1. The van der Waals surface area contributed by atoms with Crippen LogP contribution >= 0.6 is 11.8 Å². The Balaban J connectivity index is 1.44. The number of hydrogen-bond donors (Lipinski definition) is 4. The van der Waals surface area contributed by atoms with E-state index in [1.54, 1.807) is 6.92 Å². The third-order valence-electron chi connectivity index (χ3n) is 6.46. The fourth-order valence-corrected chi connectivity index (χ4v) is 5.60. The molecule has 4 N–H and O–H groups in total. The number of aliphatic hydroxyl groups is 1. The van der Waals surface area contributed by atoms with Crippen LogP contribution in [-0.2, 0) is 13.1 Å². The van der Waals surface area contributed by atoms with Crippen molar-refractivity contribution in [3.8, 4) is 0 Å². The molecule has 0 aliphatic carbocycles. The van der Waals surface area contributed by atoms with E-state index in [1.165, 1.54) is 23.7 Å². The summed E-state index contributed by atoms with van der Waals surface area (Å²) in [5.41, 5.74) is 4.38. The van der Waals surface area contributed by atoms with Crippen LogP contribution in [0.5, 0.6) is 0 Å². The minimum Gasteiger partial charge on any atom is -0.389 e. The summed E-state index contributed by atoms with van der Waals surface area (Å²) in [6.45, 7) is 9.90. The van der Waals surface area contributed by atoms with Crippen LogP contribution in [0.4, 0.5) is 5.82 Å². The molecule has 2 aliphatic rings. The fourth-order valence-electron chi connectivity index (χ4n) is 4.57. The highest BCUT2D eigenvalue weighted by Gasteiger charge is 2.35. The van der Waals surface area contributed by atoms with Crippen molar-refractivity contribution in [3.63, 3.8) is 0 Å². The standard InChI is InChI=1S/C25H32N6OS/c1-15(16(2)26)20-21-22(33-23(20)27)24(30-14-29-21)28-12-17-7-9-18(10-8-17)13-31-11-5-6-19(31)25(3,4)32/h7-10,14,19,26-27,32H,5-6,11-13H2,1-4H3,(H,28,29,30)/b20-15-,26-16?,27-23?. The zero-order chi connectivity index (χ0) is 23.8. The van der Waals surface area contributed by atoms with Gasteiger partial charge in [-0.25, -0.2) is 9.97 Å². The van der Waals surface area contributed by atoms with Crippen LogP contribution in [0.25, 0.3) is 5.57 Å². The van der Waals surface area contributed by atoms with Gasteiger partial charge >= 0.3 is 0 Å². The van der Waals surface area contributed by atoms with Crippen LogP contribution in [-0.4, -0.2) is 48.9 Å². The van der Waals surface area contributed by atoms with Gasteiger partial charge in [0.15, 0.2) is 0 Å². The van der Waals surface area contributed by atoms with Crippen molar-refractivity contribution < 1.29 is 5.11 Å². The quantitative estimate of drug-likeness (QED) is 0.442. The highest BCUT2D eigenvalue weighted by Crippen LogP contribution is 2.44. The number of aromatic nitrogens is 2. The van der Waals surface area contributed by atoms with Gasteiger partial charge in [0.1, 0.15) is 17.2 Å². The van der Waals surface area contributed by atoms with E-state index in [0.29, 0.717) is 23.1 Å². The van der Waals surface area contributed by atoms with Gasteiger partial charge in [0.25, 0.3) is 0 Å². The van der Waals surface area contributed by atoms with E-state index in [1.807, 2.05) is 20.8 Å². The van der Waals surface area contributed by atoms with Gasteiger partial charge < -0.3 is 15.8 Å². The lowest BCUT2D eigenvalue weighted by molar-refractivity contribution is -0.00501. The first kappa shape index (κ1) is 23.6. The van der Waals surface area contributed by atoms with Crippen molar-refractivity contribution in [2.45, 2.75) is 70.2 Å². The minimum absolute atomic E-state index is 0.203. The summed E-state index contributed by atoms with van der Waals surface area (Å²) in [4.78, 5) is 12.0.